The Morgan fingerprint density at radius 3 is 2.29 bits per heavy atom. The number of benzene rings is 1. The smallest absolute Gasteiger partial charge is 0.282 e. The third kappa shape index (κ3) is 3.34. The molecule has 2 nitrogen and oxygen atoms in total. The van der Waals surface area contributed by atoms with Gasteiger partial charge in [-0.05, 0) is 23.7 Å². The number of halogens is 2. The third-order valence-electron chi connectivity index (χ3n) is 4.35. The summed E-state index contributed by atoms with van der Waals surface area (Å²) < 4.78 is 34.4. The quantitative estimate of drug-likeness (QED) is 0.689. The first-order valence-electron chi connectivity index (χ1n) is 7.21. The van der Waals surface area contributed by atoms with Crippen LogP contribution >= 0.6 is 0 Å². The van der Waals surface area contributed by atoms with Gasteiger partial charge in [-0.1, -0.05) is 51.1 Å². The van der Waals surface area contributed by atoms with E-state index in [4.69, 9.17) is 4.43 Å². The van der Waals surface area contributed by atoms with Gasteiger partial charge in [0.05, 0.1) is 6.42 Å². The molecule has 0 N–H and O–H groups in total. The zero-order valence-electron chi connectivity index (χ0n) is 13.3. The van der Waals surface area contributed by atoms with Crippen molar-refractivity contribution in [3.05, 3.63) is 35.9 Å². The second-order valence-corrected chi connectivity index (χ2v) is 11.9. The van der Waals surface area contributed by atoms with Crippen LogP contribution in [0.5, 0.6) is 0 Å². The van der Waals surface area contributed by atoms with Gasteiger partial charge in [0.25, 0.3) is 14.2 Å². The Bertz CT molecular complexity index is 535. The lowest BCUT2D eigenvalue weighted by atomic mass is 10.0. The predicted octanol–water partition coefficient (Wildman–Crippen LogP) is 5.19. The SMILES string of the molecule is CC(C)(C)[Si](C)(C)OC1=NC(c2ccccc2)C(F)(F)C1. The largest absolute Gasteiger partial charge is 0.534 e. The summed E-state index contributed by atoms with van der Waals surface area (Å²) in [7, 11) is -2.13. The van der Waals surface area contributed by atoms with E-state index in [1.165, 1.54) is 0 Å². The van der Waals surface area contributed by atoms with Crippen LogP contribution in [-0.4, -0.2) is 20.1 Å². The van der Waals surface area contributed by atoms with Gasteiger partial charge in [-0.25, -0.2) is 13.8 Å². The van der Waals surface area contributed by atoms with Crippen LogP contribution in [0.1, 0.15) is 38.8 Å². The molecule has 0 saturated carbocycles. The van der Waals surface area contributed by atoms with Crippen molar-refractivity contribution in [2.75, 3.05) is 0 Å². The summed E-state index contributed by atoms with van der Waals surface area (Å²) >= 11 is 0. The second kappa shape index (κ2) is 5.20. The van der Waals surface area contributed by atoms with Crippen molar-refractivity contribution in [3.63, 3.8) is 0 Å². The van der Waals surface area contributed by atoms with E-state index in [0.717, 1.165) is 0 Å². The summed E-state index contributed by atoms with van der Waals surface area (Å²) in [4.78, 5) is 4.19. The number of hydrogen-bond donors (Lipinski definition) is 0. The molecule has 1 aromatic carbocycles. The fourth-order valence-electron chi connectivity index (χ4n) is 2.05. The van der Waals surface area contributed by atoms with E-state index in [2.05, 4.69) is 25.8 Å². The Morgan fingerprint density at radius 2 is 1.76 bits per heavy atom. The minimum Gasteiger partial charge on any atom is -0.534 e. The van der Waals surface area contributed by atoms with Gasteiger partial charge in [0.15, 0.2) is 5.90 Å². The van der Waals surface area contributed by atoms with E-state index < -0.39 is 26.7 Å². The number of aliphatic imine (C=N–C) groups is 1. The van der Waals surface area contributed by atoms with Crippen molar-refractivity contribution < 1.29 is 13.2 Å². The molecule has 1 heterocycles. The first kappa shape index (κ1) is 16.1. The Balaban J connectivity index is 2.24. The van der Waals surface area contributed by atoms with Crippen LogP contribution in [0, 0.1) is 0 Å². The van der Waals surface area contributed by atoms with Crippen LogP contribution in [0.15, 0.2) is 35.3 Å². The molecule has 1 aromatic rings. The fourth-order valence-corrected chi connectivity index (χ4v) is 3.07. The first-order chi connectivity index (χ1) is 9.53. The summed E-state index contributed by atoms with van der Waals surface area (Å²) in [6.45, 7) is 10.3. The maximum atomic E-state index is 14.2. The van der Waals surface area contributed by atoms with Crippen molar-refractivity contribution in [1.29, 1.82) is 0 Å². The standard InChI is InChI=1S/C16H23F2NOSi/c1-15(2,3)21(4,5)20-13-11-16(17,18)14(19-13)12-9-7-6-8-10-12/h6-10,14H,11H2,1-5H3. The van der Waals surface area contributed by atoms with Gasteiger partial charge in [0.1, 0.15) is 6.04 Å². The van der Waals surface area contributed by atoms with E-state index >= 15 is 0 Å². The Hall–Kier alpha value is -1.23. The Labute approximate surface area is 126 Å². The van der Waals surface area contributed by atoms with Crippen molar-refractivity contribution in [2.24, 2.45) is 4.99 Å². The Morgan fingerprint density at radius 1 is 1.19 bits per heavy atom. The minimum absolute atomic E-state index is 0.0321. The molecule has 5 heteroatoms. The molecule has 1 aliphatic rings. The predicted molar refractivity (Wildman–Crippen MR) is 84.5 cm³/mol. The van der Waals surface area contributed by atoms with Crippen LogP contribution < -0.4 is 0 Å². The molecule has 0 saturated heterocycles. The molecule has 0 amide bonds. The molecule has 1 atom stereocenters. The highest BCUT2D eigenvalue weighted by molar-refractivity contribution is 6.75. The lowest BCUT2D eigenvalue weighted by Gasteiger charge is -2.36. The minimum atomic E-state index is -2.88. The number of rotatable bonds is 2. The molecule has 0 aromatic heterocycles. The number of alkyl halides is 2. The van der Waals surface area contributed by atoms with Gasteiger partial charge in [-0.2, -0.15) is 0 Å². The lowest BCUT2D eigenvalue weighted by molar-refractivity contribution is -0.00910. The maximum Gasteiger partial charge on any atom is 0.282 e. The average molecular weight is 311 g/mol. The van der Waals surface area contributed by atoms with Crippen molar-refractivity contribution in [2.45, 2.75) is 57.3 Å². The fraction of sp³-hybridized carbons (Fsp3) is 0.562. The van der Waals surface area contributed by atoms with E-state index in [9.17, 15) is 8.78 Å². The molecular formula is C16H23F2NOSi. The van der Waals surface area contributed by atoms with Crippen LogP contribution in [0.4, 0.5) is 8.78 Å². The molecular weight excluding hydrogens is 288 g/mol. The van der Waals surface area contributed by atoms with Crippen molar-refractivity contribution >= 4 is 14.2 Å². The van der Waals surface area contributed by atoms with Gasteiger partial charge in [0.2, 0.25) is 0 Å². The average Bonchev–Trinajstić information content (AvgIpc) is 2.63. The van der Waals surface area contributed by atoms with Crippen LogP contribution in [0.2, 0.25) is 18.1 Å². The summed E-state index contributed by atoms with van der Waals surface area (Å²) in [5.74, 6) is -2.67. The molecule has 1 aliphatic heterocycles. The first-order valence-corrected chi connectivity index (χ1v) is 10.1. The third-order valence-corrected chi connectivity index (χ3v) is 8.71. The highest BCUT2D eigenvalue weighted by atomic mass is 28.4. The molecule has 0 spiro atoms. The van der Waals surface area contributed by atoms with Gasteiger partial charge in [-0.15, -0.1) is 0 Å². The van der Waals surface area contributed by atoms with E-state index in [0.29, 0.717) is 5.56 Å². The van der Waals surface area contributed by atoms with Gasteiger partial charge in [0, 0.05) is 0 Å². The lowest BCUT2D eigenvalue weighted by Crippen LogP contribution is -2.42. The molecule has 0 radical (unpaired) electrons. The molecule has 21 heavy (non-hydrogen) atoms. The van der Waals surface area contributed by atoms with Crippen molar-refractivity contribution in [3.8, 4) is 0 Å². The van der Waals surface area contributed by atoms with Gasteiger partial charge >= 0.3 is 0 Å². The summed E-state index contributed by atoms with van der Waals surface area (Å²) in [6.07, 6.45) is -0.404. The molecule has 0 fully saturated rings. The van der Waals surface area contributed by atoms with Gasteiger partial charge < -0.3 is 4.43 Å². The highest BCUT2D eigenvalue weighted by Gasteiger charge is 2.50. The molecule has 1 unspecified atom stereocenters. The molecule has 0 bridgehead atoms. The zero-order chi connectivity index (χ0) is 15.9. The van der Waals surface area contributed by atoms with E-state index in [1.807, 2.05) is 19.2 Å². The summed E-state index contributed by atoms with van der Waals surface area (Å²) in [5.41, 5.74) is 0.538. The second-order valence-electron chi connectivity index (χ2n) is 7.14. The monoisotopic (exact) mass is 311 g/mol. The van der Waals surface area contributed by atoms with E-state index in [-0.39, 0.29) is 10.9 Å². The Kier molecular flexibility index (Phi) is 3.99. The number of nitrogens with zero attached hydrogens (tertiary/aromatic N) is 1. The van der Waals surface area contributed by atoms with Crippen LogP contribution in [0.25, 0.3) is 0 Å². The number of hydrogen-bond acceptors (Lipinski definition) is 2. The van der Waals surface area contributed by atoms with E-state index in [1.54, 1.807) is 24.3 Å². The normalized spacial score (nSPS) is 22.0. The van der Waals surface area contributed by atoms with Crippen LogP contribution in [0.3, 0.4) is 0 Å². The molecule has 116 valence electrons. The molecule has 0 aliphatic carbocycles. The van der Waals surface area contributed by atoms with Crippen LogP contribution in [-0.2, 0) is 4.43 Å². The summed E-state index contributed by atoms with van der Waals surface area (Å²) in [6, 6.07) is 7.59. The topological polar surface area (TPSA) is 21.6 Å². The zero-order valence-corrected chi connectivity index (χ0v) is 14.3. The molecule has 2 rings (SSSR count). The maximum absolute atomic E-state index is 14.2. The summed E-state index contributed by atoms with van der Waals surface area (Å²) in [5, 5.41) is -0.0321. The van der Waals surface area contributed by atoms with Crippen molar-refractivity contribution in [1.82, 2.24) is 0 Å². The van der Waals surface area contributed by atoms with Gasteiger partial charge in [-0.3, -0.25) is 0 Å². The highest BCUT2D eigenvalue weighted by Crippen LogP contribution is 2.45.